The summed E-state index contributed by atoms with van der Waals surface area (Å²) in [6.07, 6.45) is 0.568. The third kappa shape index (κ3) is 2.44. The highest BCUT2D eigenvalue weighted by atomic mass is 79.9. The van der Waals surface area contributed by atoms with E-state index >= 15 is 0 Å². The smallest absolute Gasteiger partial charge is 0.331 e. The van der Waals surface area contributed by atoms with Crippen LogP contribution in [0, 0.1) is 5.82 Å². The van der Waals surface area contributed by atoms with Crippen molar-refractivity contribution in [3.63, 3.8) is 0 Å². The number of carboxylic acids is 1. The lowest BCUT2D eigenvalue weighted by Crippen LogP contribution is -2.42. The Morgan fingerprint density at radius 2 is 2.10 bits per heavy atom. The molecular formula is C13H14BrFN4O2. The molecule has 0 radical (unpaired) electrons. The third-order valence-corrected chi connectivity index (χ3v) is 4.25. The van der Waals surface area contributed by atoms with E-state index in [1.165, 1.54) is 10.7 Å². The number of tetrazole rings is 1. The molecule has 0 aliphatic carbocycles. The Kier molecular flexibility index (Phi) is 4.36. The summed E-state index contributed by atoms with van der Waals surface area (Å²) in [6, 6.07) is 4.71. The second-order valence-electron chi connectivity index (χ2n) is 4.56. The lowest BCUT2D eigenvalue weighted by Gasteiger charge is -2.27. The van der Waals surface area contributed by atoms with Crippen LogP contribution in [-0.2, 0) is 10.3 Å². The van der Waals surface area contributed by atoms with E-state index < -0.39 is 17.3 Å². The average molecular weight is 357 g/mol. The molecule has 0 amide bonds. The molecule has 0 atom stereocenters. The second kappa shape index (κ2) is 5.88. The van der Waals surface area contributed by atoms with Crippen LogP contribution in [0.3, 0.4) is 0 Å². The van der Waals surface area contributed by atoms with Gasteiger partial charge in [0, 0.05) is 0 Å². The van der Waals surface area contributed by atoms with Gasteiger partial charge < -0.3 is 5.11 Å². The first kappa shape index (κ1) is 15.6. The SMILES string of the molecule is CCC(CC)(C(=O)O)n1nnnc1-c1cccc(Br)c1F. The third-order valence-electron chi connectivity index (χ3n) is 3.64. The summed E-state index contributed by atoms with van der Waals surface area (Å²) in [5.74, 6) is -1.48. The molecule has 1 aromatic carbocycles. The second-order valence-corrected chi connectivity index (χ2v) is 5.41. The molecule has 0 saturated heterocycles. The molecule has 0 saturated carbocycles. The van der Waals surface area contributed by atoms with Crippen LogP contribution in [0.5, 0.6) is 0 Å². The van der Waals surface area contributed by atoms with Gasteiger partial charge >= 0.3 is 5.97 Å². The highest BCUT2D eigenvalue weighted by Crippen LogP contribution is 2.32. The highest BCUT2D eigenvalue weighted by molar-refractivity contribution is 9.10. The lowest BCUT2D eigenvalue weighted by atomic mass is 9.92. The van der Waals surface area contributed by atoms with Crippen LogP contribution in [0.25, 0.3) is 11.4 Å². The van der Waals surface area contributed by atoms with Crippen molar-refractivity contribution in [2.75, 3.05) is 0 Å². The molecule has 0 fully saturated rings. The maximum absolute atomic E-state index is 14.2. The van der Waals surface area contributed by atoms with E-state index in [-0.39, 0.29) is 28.7 Å². The first-order chi connectivity index (χ1) is 9.97. The molecule has 6 nitrogen and oxygen atoms in total. The predicted octanol–water partition coefficient (Wildman–Crippen LogP) is 2.84. The van der Waals surface area contributed by atoms with Crippen LogP contribution < -0.4 is 0 Å². The van der Waals surface area contributed by atoms with Crippen LogP contribution in [0.15, 0.2) is 22.7 Å². The van der Waals surface area contributed by atoms with Crippen LogP contribution in [-0.4, -0.2) is 31.3 Å². The molecule has 8 heteroatoms. The lowest BCUT2D eigenvalue weighted by molar-refractivity contribution is -0.148. The van der Waals surface area contributed by atoms with E-state index in [0.29, 0.717) is 0 Å². The number of hydrogen-bond donors (Lipinski definition) is 1. The minimum atomic E-state index is -1.30. The Morgan fingerprint density at radius 1 is 1.43 bits per heavy atom. The van der Waals surface area contributed by atoms with Crippen molar-refractivity contribution in [3.8, 4) is 11.4 Å². The van der Waals surface area contributed by atoms with E-state index in [0.717, 1.165) is 0 Å². The van der Waals surface area contributed by atoms with Gasteiger partial charge in [-0.2, -0.15) is 0 Å². The molecule has 1 N–H and O–H groups in total. The van der Waals surface area contributed by atoms with Crippen LogP contribution in [0.1, 0.15) is 26.7 Å². The largest absolute Gasteiger partial charge is 0.479 e. The Bertz CT molecular complexity index is 670. The molecule has 1 heterocycles. The van der Waals surface area contributed by atoms with Crippen LogP contribution in [0.2, 0.25) is 0 Å². The Labute approximate surface area is 129 Å². The predicted molar refractivity (Wildman–Crippen MR) is 77.1 cm³/mol. The van der Waals surface area contributed by atoms with Crippen molar-refractivity contribution in [1.29, 1.82) is 0 Å². The number of aliphatic carboxylic acids is 1. The van der Waals surface area contributed by atoms with Crippen LogP contribution in [0.4, 0.5) is 4.39 Å². The first-order valence-corrected chi connectivity index (χ1v) is 7.23. The molecule has 0 spiro atoms. The molecule has 0 aliphatic rings. The minimum Gasteiger partial charge on any atom is -0.479 e. The number of aromatic nitrogens is 4. The van der Waals surface area contributed by atoms with Crippen molar-refractivity contribution in [2.24, 2.45) is 0 Å². The Balaban J connectivity index is 2.68. The summed E-state index contributed by atoms with van der Waals surface area (Å²) < 4.78 is 15.7. The van der Waals surface area contributed by atoms with Gasteiger partial charge in [0.15, 0.2) is 11.4 Å². The summed E-state index contributed by atoms with van der Waals surface area (Å²) in [5.41, 5.74) is -1.14. The molecule has 112 valence electrons. The molecule has 2 rings (SSSR count). The van der Waals surface area contributed by atoms with Crippen molar-refractivity contribution in [1.82, 2.24) is 20.2 Å². The van der Waals surface area contributed by atoms with Gasteiger partial charge in [0.05, 0.1) is 10.0 Å². The van der Waals surface area contributed by atoms with E-state index in [9.17, 15) is 14.3 Å². The number of halogens is 2. The average Bonchev–Trinajstić information content (AvgIpc) is 2.93. The summed E-state index contributed by atoms with van der Waals surface area (Å²) in [5, 5.41) is 20.7. The van der Waals surface area contributed by atoms with Gasteiger partial charge in [0.1, 0.15) is 5.82 Å². The number of nitrogens with zero attached hydrogens (tertiary/aromatic N) is 4. The fourth-order valence-electron chi connectivity index (χ4n) is 2.26. The van der Waals surface area contributed by atoms with Crippen molar-refractivity contribution >= 4 is 21.9 Å². The van der Waals surface area contributed by atoms with Gasteiger partial charge in [-0.15, -0.1) is 5.10 Å². The van der Waals surface area contributed by atoms with E-state index in [2.05, 4.69) is 31.5 Å². The standard InChI is InChI=1S/C13H14BrFN4O2/c1-3-13(4-2,12(20)21)19-11(16-17-18-19)8-6-5-7-9(14)10(8)15/h5-7H,3-4H2,1-2H3,(H,20,21). The fourth-order valence-corrected chi connectivity index (χ4v) is 2.63. The zero-order valence-electron chi connectivity index (χ0n) is 11.5. The molecule has 0 bridgehead atoms. The zero-order chi connectivity index (χ0) is 15.6. The number of hydrogen-bond acceptors (Lipinski definition) is 4. The van der Waals surface area contributed by atoms with E-state index in [1.54, 1.807) is 26.0 Å². The summed E-state index contributed by atoms with van der Waals surface area (Å²) in [7, 11) is 0. The molecule has 2 aromatic rings. The molecule has 21 heavy (non-hydrogen) atoms. The number of benzene rings is 1. The van der Waals surface area contributed by atoms with E-state index in [4.69, 9.17) is 0 Å². The number of carbonyl (C=O) groups is 1. The number of rotatable bonds is 5. The molecule has 1 aromatic heterocycles. The van der Waals surface area contributed by atoms with Gasteiger partial charge in [-0.05, 0) is 51.3 Å². The highest BCUT2D eigenvalue weighted by Gasteiger charge is 2.41. The fraction of sp³-hybridized carbons (Fsp3) is 0.385. The summed E-state index contributed by atoms with van der Waals surface area (Å²) >= 11 is 3.10. The van der Waals surface area contributed by atoms with Gasteiger partial charge in [0.2, 0.25) is 0 Å². The van der Waals surface area contributed by atoms with E-state index in [1.807, 2.05) is 0 Å². The maximum Gasteiger partial charge on any atom is 0.331 e. The van der Waals surface area contributed by atoms with Crippen molar-refractivity contribution in [3.05, 3.63) is 28.5 Å². The van der Waals surface area contributed by atoms with Crippen LogP contribution >= 0.6 is 15.9 Å². The topological polar surface area (TPSA) is 80.9 Å². The van der Waals surface area contributed by atoms with Gasteiger partial charge in [0.25, 0.3) is 0 Å². The Hall–Kier alpha value is -1.83. The molecule has 0 aliphatic heterocycles. The van der Waals surface area contributed by atoms with Gasteiger partial charge in [-0.1, -0.05) is 19.9 Å². The quantitative estimate of drug-likeness (QED) is 0.890. The normalized spacial score (nSPS) is 11.6. The van der Waals surface area contributed by atoms with Crippen molar-refractivity contribution < 1.29 is 14.3 Å². The number of carboxylic acid groups (broad SMARTS) is 1. The Morgan fingerprint density at radius 3 is 2.67 bits per heavy atom. The summed E-state index contributed by atoms with van der Waals surface area (Å²) in [6.45, 7) is 3.47. The van der Waals surface area contributed by atoms with Gasteiger partial charge in [-0.25, -0.2) is 13.9 Å². The van der Waals surface area contributed by atoms with Gasteiger partial charge in [-0.3, -0.25) is 0 Å². The zero-order valence-corrected chi connectivity index (χ0v) is 13.1. The molecular weight excluding hydrogens is 343 g/mol. The minimum absolute atomic E-state index is 0.0971. The monoisotopic (exact) mass is 356 g/mol. The van der Waals surface area contributed by atoms with Crippen molar-refractivity contribution in [2.45, 2.75) is 32.2 Å². The molecule has 0 unspecified atom stereocenters. The first-order valence-electron chi connectivity index (χ1n) is 6.44. The summed E-state index contributed by atoms with van der Waals surface area (Å²) in [4.78, 5) is 11.7. The maximum atomic E-state index is 14.2.